The summed E-state index contributed by atoms with van der Waals surface area (Å²) in [6.07, 6.45) is 1.43. The number of benzene rings is 2. The van der Waals surface area contributed by atoms with Gasteiger partial charge in [-0.3, -0.25) is 4.79 Å². The van der Waals surface area contributed by atoms with Crippen molar-refractivity contribution in [1.29, 1.82) is 0 Å². The summed E-state index contributed by atoms with van der Waals surface area (Å²) in [7, 11) is 0. The number of Topliss-reactive ketones (excluding diaryl/α,β-unsaturated/α-hetero) is 1. The lowest BCUT2D eigenvalue weighted by atomic mass is 9.93. The Morgan fingerprint density at radius 3 is 1.85 bits per heavy atom. The molecule has 0 radical (unpaired) electrons. The van der Waals surface area contributed by atoms with E-state index in [0.29, 0.717) is 6.42 Å². The second-order valence-corrected chi connectivity index (χ2v) is 4.94. The molecule has 1 nitrogen and oxygen atoms in total. The van der Waals surface area contributed by atoms with E-state index < -0.39 is 0 Å². The van der Waals surface area contributed by atoms with Crippen LogP contribution in [0, 0.1) is 0 Å². The van der Waals surface area contributed by atoms with Gasteiger partial charge in [0.2, 0.25) is 0 Å². The molecule has 0 N–H and O–H groups in total. The fraction of sp³-hybridized carbons (Fsp3) is 0.211. The number of allylic oxidation sites excluding steroid dienone is 2. The molecule has 0 aromatic heterocycles. The molecule has 0 bridgehead atoms. The topological polar surface area (TPSA) is 17.1 Å². The molecule has 102 valence electrons. The zero-order valence-corrected chi connectivity index (χ0v) is 12.1. The summed E-state index contributed by atoms with van der Waals surface area (Å²) in [6.45, 7) is 4.24. The summed E-state index contributed by atoms with van der Waals surface area (Å²) in [5.41, 5.74) is 4.36. The van der Waals surface area contributed by atoms with Crippen LogP contribution in [0.5, 0.6) is 0 Å². The first kappa shape index (κ1) is 14.3. The second-order valence-electron chi connectivity index (χ2n) is 4.94. The first-order valence-corrected chi connectivity index (χ1v) is 7.04. The van der Waals surface area contributed by atoms with Gasteiger partial charge in [-0.1, -0.05) is 73.2 Å². The fourth-order valence-corrected chi connectivity index (χ4v) is 2.24. The van der Waals surface area contributed by atoms with Crippen molar-refractivity contribution < 1.29 is 4.79 Å². The summed E-state index contributed by atoms with van der Waals surface area (Å²) < 4.78 is 0. The molecule has 1 heteroatoms. The highest BCUT2D eigenvalue weighted by atomic mass is 16.1. The van der Waals surface area contributed by atoms with Crippen molar-refractivity contribution in [3.63, 3.8) is 0 Å². The number of hydrogen-bond acceptors (Lipinski definition) is 1. The van der Waals surface area contributed by atoms with E-state index in [1.54, 1.807) is 0 Å². The first-order valence-electron chi connectivity index (χ1n) is 7.04. The maximum Gasteiger partial charge on any atom is 0.167 e. The van der Waals surface area contributed by atoms with Gasteiger partial charge in [0.15, 0.2) is 5.78 Å². The van der Waals surface area contributed by atoms with Crippen LogP contribution in [0.25, 0.3) is 5.57 Å². The standard InChI is InChI=1S/C19H20O/c1-3-15(2)18(16-10-6-4-7-11-16)14-19(20)17-12-8-5-9-13-17/h4-13H,3,14H2,1-2H3/b18-15-. The lowest BCUT2D eigenvalue weighted by molar-refractivity contribution is 0.0998. The molecule has 0 fully saturated rings. The molecule has 0 unspecified atom stereocenters. The maximum atomic E-state index is 12.4. The molecular weight excluding hydrogens is 244 g/mol. The van der Waals surface area contributed by atoms with Crippen molar-refractivity contribution in [3.05, 3.63) is 77.4 Å². The Morgan fingerprint density at radius 2 is 1.35 bits per heavy atom. The quantitative estimate of drug-likeness (QED) is 0.683. The van der Waals surface area contributed by atoms with Crippen molar-refractivity contribution >= 4 is 11.4 Å². The number of rotatable bonds is 5. The van der Waals surface area contributed by atoms with Gasteiger partial charge in [0.05, 0.1) is 0 Å². The zero-order valence-electron chi connectivity index (χ0n) is 12.1. The maximum absolute atomic E-state index is 12.4. The highest BCUT2D eigenvalue weighted by Gasteiger charge is 2.12. The van der Waals surface area contributed by atoms with Crippen LogP contribution in [0.3, 0.4) is 0 Å². The van der Waals surface area contributed by atoms with Crippen molar-refractivity contribution in [1.82, 2.24) is 0 Å². The van der Waals surface area contributed by atoms with Gasteiger partial charge < -0.3 is 0 Å². The van der Waals surface area contributed by atoms with Gasteiger partial charge >= 0.3 is 0 Å². The summed E-state index contributed by atoms with van der Waals surface area (Å²) in [4.78, 5) is 12.4. The van der Waals surface area contributed by atoms with Gasteiger partial charge in [0.1, 0.15) is 0 Å². The lowest BCUT2D eigenvalue weighted by Crippen LogP contribution is -2.02. The van der Waals surface area contributed by atoms with Gasteiger partial charge in [0.25, 0.3) is 0 Å². The van der Waals surface area contributed by atoms with Gasteiger partial charge in [-0.25, -0.2) is 0 Å². The minimum absolute atomic E-state index is 0.178. The van der Waals surface area contributed by atoms with E-state index in [2.05, 4.69) is 26.0 Å². The minimum atomic E-state index is 0.178. The van der Waals surface area contributed by atoms with E-state index in [4.69, 9.17) is 0 Å². The SMILES string of the molecule is CC/C(C)=C(/CC(=O)c1ccccc1)c1ccccc1. The largest absolute Gasteiger partial charge is 0.294 e. The molecule has 0 aliphatic carbocycles. The number of hydrogen-bond donors (Lipinski definition) is 0. The molecule has 2 aromatic carbocycles. The van der Waals surface area contributed by atoms with E-state index in [-0.39, 0.29) is 5.78 Å². The van der Waals surface area contributed by atoms with Crippen LogP contribution in [0.4, 0.5) is 0 Å². The average molecular weight is 264 g/mol. The van der Waals surface area contributed by atoms with Gasteiger partial charge in [-0.05, 0) is 24.5 Å². The van der Waals surface area contributed by atoms with E-state index in [0.717, 1.165) is 23.1 Å². The average Bonchev–Trinajstić information content (AvgIpc) is 2.53. The van der Waals surface area contributed by atoms with Crippen LogP contribution >= 0.6 is 0 Å². The molecule has 2 aromatic rings. The first-order chi connectivity index (χ1) is 9.72. The van der Waals surface area contributed by atoms with Crippen LogP contribution in [0.1, 0.15) is 42.6 Å². The van der Waals surface area contributed by atoms with E-state index in [9.17, 15) is 4.79 Å². The van der Waals surface area contributed by atoms with Gasteiger partial charge in [-0.2, -0.15) is 0 Å². The predicted octanol–water partition coefficient (Wildman–Crippen LogP) is 5.14. The Kier molecular flexibility index (Phi) is 4.89. The monoisotopic (exact) mass is 264 g/mol. The predicted molar refractivity (Wildman–Crippen MR) is 84.7 cm³/mol. The smallest absolute Gasteiger partial charge is 0.167 e. The van der Waals surface area contributed by atoms with Crippen LogP contribution in [0.2, 0.25) is 0 Å². The summed E-state index contributed by atoms with van der Waals surface area (Å²) in [6, 6.07) is 19.7. The van der Waals surface area contributed by atoms with E-state index in [1.807, 2.05) is 48.5 Å². The molecule has 0 saturated heterocycles. The molecule has 0 atom stereocenters. The Morgan fingerprint density at radius 1 is 0.850 bits per heavy atom. The summed E-state index contributed by atoms with van der Waals surface area (Å²) in [5.74, 6) is 0.178. The third kappa shape index (κ3) is 3.45. The van der Waals surface area contributed by atoms with Gasteiger partial charge in [0, 0.05) is 12.0 Å². The van der Waals surface area contributed by atoms with Crippen molar-refractivity contribution in [2.45, 2.75) is 26.7 Å². The molecule has 0 aliphatic rings. The minimum Gasteiger partial charge on any atom is -0.294 e. The van der Waals surface area contributed by atoms with E-state index in [1.165, 1.54) is 5.57 Å². The van der Waals surface area contributed by atoms with Crippen LogP contribution < -0.4 is 0 Å². The normalized spacial score (nSPS) is 11.9. The van der Waals surface area contributed by atoms with Crippen LogP contribution in [-0.2, 0) is 0 Å². The van der Waals surface area contributed by atoms with Crippen LogP contribution in [0.15, 0.2) is 66.2 Å². The lowest BCUT2D eigenvalue weighted by Gasteiger charge is -2.11. The third-order valence-corrected chi connectivity index (χ3v) is 3.60. The Hall–Kier alpha value is -2.15. The van der Waals surface area contributed by atoms with Gasteiger partial charge in [-0.15, -0.1) is 0 Å². The summed E-state index contributed by atoms with van der Waals surface area (Å²) in [5, 5.41) is 0. The second kappa shape index (κ2) is 6.85. The Bertz CT molecular complexity index is 594. The molecule has 0 amide bonds. The molecule has 0 aliphatic heterocycles. The van der Waals surface area contributed by atoms with Crippen LogP contribution in [-0.4, -0.2) is 5.78 Å². The molecule has 0 saturated carbocycles. The highest BCUT2D eigenvalue weighted by molar-refractivity contribution is 6.02. The molecule has 0 spiro atoms. The fourth-order valence-electron chi connectivity index (χ4n) is 2.24. The van der Waals surface area contributed by atoms with Crippen molar-refractivity contribution in [3.8, 4) is 0 Å². The van der Waals surface area contributed by atoms with Crippen molar-refractivity contribution in [2.75, 3.05) is 0 Å². The molecule has 20 heavy (non-hydrogen) atoms. The molecule has 2 rings (SSSR count). The van der Waals surface area contributed by atoms with E-state index >= 15 is 0 Å². The number of carbonyl (C=O) groups excluding carboxylic acids is 1. The number of ketones is 1. The molecular formula is C19H20O. The van der Waals surface area contributed by atoms with Crippen molar-refractivity contribution in [2.24, 2.45) is 0 Å². The Labute approximate surface area is 121 Å². The summed E-state index contributed by atoms with van der Waals surface area (Å²) >= 11 is 0. The Balaban J connectivity index is 2.29. The molecule has 0 heterocycles. The third-order valence-electron chi connectivity index (χ3n) is 3.60. The number of carbonyl (C=O) groups is 1. The highest BCUT2D eigenvalue weighted by Crippen LogP contribution is 2.25. The zero-order chi connectivity index (χ0) is 14.4.